The van der Waals surface area contributed by atoms with Crippen LogP contribution in [0.3, 0.4) is 0 Å². The minimum absolute atomic E-state index is 0. The lowest BCUT2D eigenvalue weighted by atomic mass is 9.91. The van der Waals surface area contributed by atoms with Gasteiger partial charge in [0.05, 0.1) is 28.2 Å². The van der Waals surface area contributed by atoms with E-state index in [0.717, 1.165) is 12.1 Å². The molecule has 2 heterocycles. The van der Waals surface area contributed by atoms with Gasteiger partial charge < -0.3 is 20.6 Å². The quantitative estimate of drug-likeness (QED) is 0.380. The lowest BCUT2D eigenvalue weighted by Gasteiger charge is -2.48. The lowest BCUT2D eigenvalue weighted by Crippen LogP contribution is -2.61. The Morgan fingerprint density at radius 3 is 2.12 bits per heavy atom. The number of alkyl halides is 2. The molecule has 2 amide bonds. The molecule has 0 unspecified atom stereocenters. The minimum atomic E-state index is -2.69. The van der Waals surface area contributed by atoms with Crippen LogP contribution < -0.4 is 10.6 Å². The standard InChI is InChI=1S/C26H28Cl2F4N4O3.H2S/c1-26(39,14-6-15(29)8-16(30)7-14)25(38)35-4-2-19(3-5-35)36-12-18(13-36)34-17-9-20(27)23(21(28)10-17)24(37)33-11-22(31)32;/h6-10,18-19,22,34,39H,2-5,11-13H2,1H3,(H,33,37);1H2/t26-;/m0./s1. The van der Waals surface area contributed by atoms with E-state index in [-0.39, 0.29) is 46.8 Å². The number of anilines is 1. The minimum Gasteiger partial charge on any atom is -0.380 e. The molecule has 0 aromatic heterocycles. The average molecular weight is 626 g/mol. The zero-order valence-electron chi connectivity index (χ0n) is 21.5. The fourth-order valence-electron chi connectivity index (χ4n) is 4.97. The Hall–Kier alpha value is -2.25. The third-order valence-electron chi connectivity index (χ3n) is 7.08. The fourth-order valence-corrected chi connectivity index (χ4v) is 5.63. The summed E-state index contributed by atoms with van der Waals surface area (Å²) in [6.45, 7) is 2.65. The molecular formula is C26H30Cl2F4N4O3S. The number of piperidine rings is 1. The zero-order valence-corrected chi connectivity index (χ0v) is 24.0. The van der Waals surface area contributed by atoms with Crippen molar-refractivity contribution in [2.24, 2.45) is 0 Å². The van der Waals surface area contributed by atoms with Crippen LogP contribution in [0.2, 0.25) is 10.0 Å². The number of likely N-dealkylation sites (tertiary alicyclic amines) is 2. The molecule has 2 saturated heterocycles. The van der Waals surface area contributed by atoms with Gasteiger partial charge in [-0.1, -0.05) is 23.2 Å². The number of aliphatic hydroxyl groups is 1. The summed E-state index contributed by atoms with van der Waals surface area (Å²) in [6, 6.07) is 5.94. The molecule has 0 spiro atoms. The van der Waals surface area contributed by atoms with Gasteiger partial charge in [0, 0.05) is 44.0 Å². The van der Waals surface area contributed by atoms with Crippen LogP contribution in [0.25, 0.3) is 0 Å². The summed E-state index contributed by atoms with van der Waals surface area (Å²) in [7, 11) is 0. The highest BCUT2D eigenvalue weighted by atomic mass is 35.5. The van der Waals surface area contributed by atoms with Gasteiger partial charge in [0.25, 0.3) is 18.2 Å². The highest BCUT2D eigenvalue weighted by Gasteiger charge is 2.40. The Balaban J connectivity index is 0.00000441. The van der Waals surface area contributed by atoms with Gasteiger partial charge in [-0.15, -0.1) is 0 Å². The molecular weight excluding hydrogens is 595 g/mol. The van der Waals surface area contributed by atoms with Crippen molar-refractivity contribution in [3.05, 3.63) is 63.1 Å². The SMILES string of the molecule is C[C@@](O)(C(=O)N1CCC(N2CC(Nc3cc(Cl)c(C(=O)NCC(F)F)c(Cl)c3)C2)CC1)c1cc(F)cc(F)c1.S. The van der Waals surface area contributed by atoms with Crippen molar-refractivity contribution in [3.8, 4) is 0 Å². The summed E-state index contributed by atoms with van der Waals surface area (Å²) in [4.78, 5) is 28.9. The first kappa shape index (κ1) is 32.3. The van der Waals surface area contributed by atoms with E-state index >= 15 is 0 Å². The molecule has 3 N–H and O–H groups in total. The van der Waals surface area contributed by atoms with Gasteiger partial charge >= 0.3 is 0 Å². The van der Waals surface area contributed by atoms with Crippen molar-refractivity contribution < 1.29 is 32.3 Å². The summed E-state index contributed by atoms with van der Waals surface area (Å²) in [5.74, 6) is -3.11. The molecule has 2 fully saturated rings. The molecule has 2 aromatic rings. The van der Waals surface area contributed by atoms with Gasteiger partial charge in [-0.05, 0) is 49.6 Å². The zero-order chi connectivity index (χ0) is 28.5. The first-order valence-corrected chi connectivity index (χ1v) is 13.1. The summed E-state index contributed by atoms with van der Waals surface area (Å²) in [5.41, 5.74) is -1.66. The second kappa shape index (κ2) is 13.2. The van der Waals surface area contributed by atoms with Crippen molar-refractivity contribution in [3.63, 3.8) is 0 Å². The van der Waals surface area contributed by atoms with Crippen LogP contribution >= 0.6 is 36.7 Å². The van der Waals surface area contributed by atoms with E-state index in [9.17, 15) is 32.3 Å². The molecule has 2 aromatic carbocycles. The number of hydrogen-bond donors (Lipinski definition) is 3. The molecule has 7 nitrogen and oxygen atoms in total. The molecule has 14 heteroatoms. The second-order valence-corrected chi connectivity index (χ2v) is 10.8. The summed E-state index contributed by atoms with van der Waals surface area (Å²) in [6.07, 6.45) is -1.35. The molecule has 1 atom stereocenters. The van der Waals surface area contributed by atoms with Crippen LogP contribution in [0.4, 0.5) is 23.2 Å². The van der Waals surface area contributed by atoms with Crippen molar-refractivity contribution in [2.75, 3.05) is 38.0 Å². The normalized spacial score (nSPS) is 18.1. The Morgan fingerprint density at radius 2 is 1.60 bits per heavy atom. The highest BCUT2D eigenvalue weighted by molar-refractivity contribution is 7.59. The van der Waals surface area contributed by atoms with E-state index < -0.39 is 42.0 Å². The van der Waals surface area contributed by atoms with Gasteiger partial charge in [-0.3, -0.25) is 14.5 Å². The summed E-state index contributed by atoms with van der Waals surface area (Å²) < 4.78 is 52.0. The number of rotatable bonds is 8. The first-order chi connectivity index (χ1) is 18.3. The third kappa shape index (κ3) is 7.33. The van der Waals surface area contributed by atoms with E-state index in [1.54, 1.807) is 0 Å². The first-order valence-electron chi connectivity index (χ1n) is 12.4. The maximum absolute atomic E-state index is 13.6. The number of amides is 2. The number of halogens is 6. The van der Waals surface area contributed by atoms with Crippen LogP contribution in [0, 0.1) is 11.6 Å². The average Bonchev–Trinajstić information content (AvgIpc) is 2.83. The van der Waals surface area contributed by atoms with E-state index in [0.29, 0.717) is 50.8 Å². The smallest absolute Gasteiger partial charge is 0.258 e. The van der Waals surface area contributed by atoms with Gasteiger partial charge in [0.1, 0.15) is 11.6 Å². The van der Waals surface area contributed by atoms with E-state index in [4.69, 9.17) is 23.2 Å². The van der Waals surface area contributed by atoms with Crippen LogP contribution in [0.1, 0.15) is 35.7 Å². The van der Waals surface area contributed by atoms with Crippen molar-refractivity contribution in [1.82, 2.24) is 15.1 Å². The van der Waals surface area contributed by atoms with Crippen LogP contribution in [-0.2, 0) is 10.4 Å². The molecule has 0 saturated carbocycles. The summed E-state index contributed by atoms with van der Waals surface area (Å²) in [5, 5.41) is 16.3. The topological polar surface area (TPSA) is 84.9 Å². The molecule has 220 valence electrons. The molecule has 0 aliphatic carbocycles. The third-order valence-corrected chi connectivity index (χ3v) is 7.67. The number of benzene rings is 2. The Morgan fingerprint density at radius 1 is 1.05 bits per heavy atom. The van der Waals surface area contributed by atoms with Crippen LogP contribution in [-0.4, -0.2) is 78.0 Å². The fraction of sp³-hybridized carbons (Fsp3) is 0.462. The van der Waals surface area contributed by atoms with Crippen molar-refractivity contribution >= 4 is 54.2 Å². The Bertz CT molecular complexity index is 1200. The Labute approximate surface area is 246 Å². The lowest BCUT2D eigenvalue weighted by molar-refractivity contribution is -0.152. The summed E-state index contributed by atoms with van der Waals surface area (Å²) >= 11 is 12.4. The van der Waals surface area contributed by atoms with Gasteiger partial charge in [0.15, 0.2) is 5.60 Å². The predicted octanol–water partition coefficient (Wildman–Crippen LogP) is 4.37. The number of nitrogens with one attached hydrogen (secondary N) is 2. The van der Waals surface area contributed by atoms with Crippen LogP contribution in [0.5, 0.6) is 0 Å². The molecule has 0 radical (unpaired) electrons. The molecule has 2 aliphatic rings. The molecule has 4 rings (SSSR count). The predicted molar refractivity (Wildman–Crippen MR) is 150 cm³/mol. The highest BCUT2D eigenvalue weighted by Crippen LogP contribution is 2.32. The number of hydrogen-bond acceptors (Lipinski definition) is 5. The second-order valence-electron chi connectivity index (χ2n) is 9.96. The number of carbonyl (C=O) groups excluding carboxylic acids is 2. The van der Waals surface area contributed by atoms with Crippen LogP contribution in [0.15, 0.2) is 30.3 Å². The number of carbonyl (C=O) groups is 2. The Kier molecular flexibility index (Phi) is 10.6. The van der Waals surface area contributed by atoms with E-state index in [2.05, 4.69) is 15.5 Å². The largest absolute Gasteiger partial charge is 0.380 e. The maximum Gasteiger partial charge on any atom is 0.258 e. The van der Waals surface area contributed by atoms with E-state index in [1.165, 1.54) is 24.0 Å². The van der Waals surface area contributed by atoms with Crippen molar-refractivity contribution in [2.45, 2.75) is 43.9 Å². The van der Waals surface area contributed by atoms with Gasteiger partial charge in [0.2, 0.25) is 0 Å². The van der Waals surface area contributed by atoms with Gasteiger partial charge in [-0.2, -0.15) is 13.5 Å². The molecule has 40 heavy (non-hydrogen) atoms. The number of nitrogens with zero attached hydrogens (tertiary/aromatic N) is 2. The molecule has 0 bridgehead atoms. The van der Waals surface area contributed by atoms with E-state index in [1.807, 2.05) is 0 Å². The van der Waals surface area contributed by atoms with Crippen molar-refractivity contribution in [1.29, 1.82) is 0 Å². The maximum atomic E-state index is 13.6. The molecule has 2 aliphatic heterocycles. The van der Waals surface area contributed by atoms with Gasteiger partial charge in [-0.25, -0.2) is 17.6 Å². The monoisotopic (exact) mass is 624 g/mol.